The van der Waals surface area contributed by atoms with Gasteiger partial charge in [-0.15, -0.1) is 0 Å². The minimum absolute atomic E-state index is 0.234. The van der Waals surface area contributed by atoms with Crippen LogP contribution in [0.3, 0.4) is 0 Å². The summed E-state index contributed by atoms with van der Waals surface area (Å²) in [6, 6.07) is 10.2. The van der Waals surface area contributed by atoms with Gasteiger partial charge in [-0.1, -0.05) is 56.5 Å². The molecule has 2 atom stereocenters. The monoisotopic (exact) mass is 399 g/mol. The van der Waals surface area contributed by atoms with Crippen molar-refractivity contribution in [2.75, 3.05) is 7.11 Å². The van der Waals surface area contributed by atoms with Gasteiger partial charge in [-0.3, -0.25) is 9.78 Å². The smallest absolute Gasteiger partial charge is 0.305 e. The molecule has 29 heavy (non-hydrogen) atoms. The van der Waals surface area contributed by atoms with E-state index in [2.05, 4.69) is 23.8 Å². The van der Waals surface area contributed by atoms with Crippen LogP contribution in [0.15, 0.2) is 36.4 Å². The number of fused-ring (bicyclic) bond motifs is 1. The van der Waals surface area contributed by atoms with Crippen LogP contribution >= 0.6 is 0 Å². The Balaban J connectivity index is 2.04. The number of pyridine rings is 1. The van der Waals surface area contributed by atoms with Crippen LogP contribution in [0.1, 0.15) is 63.3 Å². The summed E-state index contributed by atoms with van der Waals surface area (Å²) in [4.78, 5) is 15.9. The molecule has 0 bridgehead atoms. The van der Waals surface area contributed by atoms with Gasteiger partial charge in [0.1, 0.15) is 0 Å². The predicted molar refractivity (Wildman–Crippen MR) is 117 cm³/mol. The van der Waals surface area contributed by atoms with E-state index in [1.54, 1.807) is 12.2 Å². The van der Waals surface area contributed by atoms with Crippen LogP contribution in [0.5, 0.6) is 0 Å². The molecule has 0 fully saturated rings. The van der Waals surface area contributed by atoms with Crippen LogP contribution in [0.25, 0.3) is 16.8 Å². The highest BCUT2D eigenvalue weighted by atomic mass is 16.5. The first kappa shape index (κ1) is 23.0. The summed E-state index contributed by atoms with van der Waals surface area (Å²) in [5, 5.41) is 22.6. The lowest BCUT2D eigenvalue weighted by atomic mass is 10.0. The molecule has 2 aromatic rings. The Hall–Kier alpha value is -2.24. The van der Waals surface area contributed by atoms with Crippen molar-refractivity contribution in [3.8, 4) is 0 Å². The van der Waals surface area contributed by atoms with Crippen molar-refractivity contribution in [2.24, 2.45) is 0 Å². The van der Waals surface area contributed by atoms with Gasteiger partial charge in [0.25, 0.3) is 0 Å². The summed E-state index contributed by atoms with van der Waals surface area (Å²) in [6.07, 6.45) is 8.11. The molecule has 1 aromatic carbocycles. The van der Waals surface area contributed by atoms with Crippen molar-refractivity contribution in [2.45, 2.75) is 70.5 Å². The lowest BCUT2D eigenvalue weighted by Gasteiger charge is -2.14. The fourth-order valence-corrected chi connectivity index (χ4v) is 3.34. The number of hydrogen-bond acceptors (Lipinski definition) is 5. The van der Waals surface area contributed by atoms with E-state index >= 15 is 0 Å². The number of ether oxygens (including phenoxy) is 1. The normalized spacial score (nSPS) is 13.7. The molecule has 0 saturated heterocycles. The molecule has 1 aromatic heterocycles. The Kier molecular flexibility index (Phi) is 9.81. The summed E-state index contributed by atoms with van der Waals surface area (Å²) < 4.78 is 4.58. The summed E-state index contributed by atoms with van der Waals surface area (Å²) in [6.45, 7) is 2.20. The lowest BCUT2D eigenvalue weighted by Crippen LogP contribution is -2.23. The standard InChI is InChI=1S/C24H33NO4/c1-3-4-5-6-12-21-20-11-8-7-10-18(20)17-19(25-21)15-16-23(27)22(26)13-9-14-24(28)29-2/h7-8,10-11,15-17,22-23,26-27H,3-6,9,12-14H2,1-2H3/b16-15+. The number of aromatic nitrogens is 1. The van der Waals surface area contributed by atoms with E-state index in [-0.39, 0.29) is 12.4 Å². The number of unbranched alkanes of at least 4 members (excludes halogenated alkanes) is 3. The Morgan fingerprint density at radius 1 is 1.17 bits per heavy atom. The van der Waals surface area contributed by atoms with Crippen molar-refractivity contribution >= 4 is 22.8 Å². The third kappa shape index (κ3) is 7.59. The highest BCUT2D eigenvalue weighted by Crippen LogP contribution is 2.21. The molecule has 0 spiro atoms. The van der Waals surface area contributed by atoms with Crippen molar-refractivity contribution < 1.29 is 19.7 Å². The third-order valence-electron chi connectivity index (χ3n) is 5.07. The molecule has 2 N–H and O–H groups in total. The van der Waals surface area contributed by atoms with Crippen LogP contribution in [0.4, 0.5) is 0 Å². The molecule has 0 saturated carbocycles. The molecule has 5 nitrogen and oxygen atoms in total. The first-order valence-corrected chi connectivity index (χ1v) is 10.5. The van der Waals surface area contributed by atoms with Crippen molar-refractivity contribution in [1.29, 1.82) is 0 Å². The maximum absolute atomic E-state index is 11.1. The van der Waals surface area contributed by atoms with Gasteiger partial charge in [0.15, 0.2) is 0 Å². The molecule has 2 rings (SSSR count). The topological polar surface area (TPSA) is 79.7 Å². The summed E-state index contributed by atoms with van der Waals surface area (Å²) >= 11 is 0. The molecule has 0 aliphatic heterocycles. The van der Waals surface area contributed by atoms with Crippen LogP contribution < -0.4 is 0 Å². The zero-order chi connectivity index (χ0) is 21.1. The summed E-state index contributed by atoms with van der Waals surface area (Å²) in [5.74, 6) is -0.311. The van der Waals surface area contributed by atoms with E-state index in [1.165, 1.54) is 31.8 Å². The number of benzene rings is 1. The van der Waals surface area contributed by atoms with Crippen LogP contribution in [-0.4, -0.2) is 40.5 Å². The second kappa shape index (κ2) is 12.3. The van der Waals surface area contributed by atoms with E-state index in [4.69, 9.17) is 4.98 Å². The van der Waals surface area contributed by atoms with Gasteiger partial charge in [-0.05, 0) is 43.2 Å². The Labute approximate surface area is 173 Å². The maximum atomic E-state index is 11.1. The molecule has 0 amide bonds. The first-order valence-electron chi connectivity index (χ1n) is 10.5. The summed E-state index contributed by atoms with van der Waals surface area (Å²) in [7, 11) is 1.34. The zero-order valence-corrected chi connectivity index (χ0v) is 17.5. The second-order valence-electron chi connectivity index (χ2n) is 7.41. The van der Waals surface area contributed by atoms with Gasteiger partial charge in [0, 0.05) is 17.5 Å². The van der Waals surface area contributed by atoms with Gasteiger partial charge in [0.05, 0.1) is 25.0 Å². The Morgan fingerprint density at radius 3 is 2.72 bits per heavy atom. The average molecular weight is 400 g/mol. The van der Waals surface area contributed by atoms with E-state index < -0.39 is 12.2 Å². The molecule has 5 heteroatoms. The molecule has 0 radical (unpaired) electrons. The van der Waals surface area contributed by atoms with Gasteiger partial charge < -0.3 is 14.9 Å². The van der Waals surface area contributed by atoms with Crippen LogP contribution in [-0.2, 0) is 16.0 Å². The average Bonchev–Trinajstić information content (AvgIpc) is 2.74. The minimum atomic E-state index is -1.01. The van der Waals surface area contributed by atoms with E-state index in [0.29, 0.717) is 12.8 Å². The summed E-state index contributed by atoms with van der Waals surface area (Å²) in [5.41, 5.74) is 1.85. The predicted octanol–water partition coefficient (Wildman–Crippen LogP) is 4.44. The SMILES string of the molecule is CCCCCCc1nc(/C=C/C(O)C(O)CCCC(=O)OC)cc2ccccc12. The van der Waals surface area contributed by atoms with Gasteiger partial charge >= 0.3 is 5.97 Å². The number of aliphatic hydroxyl groups is 2. The number of methoxy groups -OCH3 is 1. The van der Waals surface area contributed by atoms with Crippen molar-refractivity contribution in [3.05, 3.63) is 47.8 Å². The number of carbonyl (C=O) groups is 1. The number of carbonyl (C=O) groups excluding carboxylic acids is 1. The molecular formula is C24H33NO4. The maximum Gasteiger partial charge on any atom is 0.305 e. The van der Waals surface area contributed by atoms with Crippen LogP contribution in [0.2, 0.25) is 0 Å². The van der Waals surface area contributed by atoms with Crippen LogP contribution in [0, 0.1) is 0 Å². The van der Waals surface area contributed by atoms with Gasteiger partial charge in [-0.2, -0.15) is 0 Å². The molecule has 0 aliphatic carbocycles. The van der Waals surface area contributed by atoms with Gasteiger partial charge in [0.2, 0.25) is 0 Å². The van der Waals surface area contributed by atoms with E-state index in [1.807, 2.05) is 18.2 Å². The number of aliphatic hydroxyl groups excluding tert-OH is 2. The second-order valence-corrected chi connectivity index (χ2v) is 7.41. The largest absolute Gasteiger partial charge is 0.469 e. The molecule has 1 heterocycles. The molecular weight excluding hydrogens is 366 g/mol. The van der Waals surface area contributed by atoms with Gasteiger partial charge in [-0.25, -0.2) is 0 Å². The zero-order valence-electron chi connectivity index (χ0n) is 17.5. The quantitative estimate of drug-likeness (QED) is 0.407. The van der Waals surface area contributed by atoms with Crippen molar-refractivity contribution in [3.63, 3.8) is 0 Å². The highest BCUT2D eigenvalue weighted by Gasteiger charge is 2.14. The van der Waals surface area contributed by atoms with E-state index in [0.717, 1.165) is 29.6 Å². The highest BCUT2D eigenvalue weighted by molar-refractivity contribution is 5.86. The molecule has 2 unspecified atom stereocenters. The third-order valence-corrected chi connectivity index (χ3v) is 5.07. The minimum Gasteiger partial charge on any atom is -0.469 e. The fourth-order valence-electron chi connectivity index (χ4n) is 3.34. The first-order chi connectivity index (χ1) is 14.0. The fraction of sp³-hybridized carbons (Fsp3) is 0.500. The molecule has 158 valence electrons. The Morgan fingerprint density at radius 2 is 1.97 bits per heavy atom. The molecule has 0 aliphatic rings. The number of aryl methyl sites for hydroxylation is 1. The number of hydrogen-bond donors (Lipinski definition) is 2. The Bertz CT molecular complexity index is 803. The van der Waals surface area contributed by atoms with E-state index in [9.17, 15) is 15.0 Å². The number of esters is 1. The number of rotatable bonds is 12. The number of nitrogens with zero attached hydrogens (tertiary/aromatic N) is 1. The lowest BCUT2D eigenvalue weighted by molar-refractivity contribution is -0.140. The van der Waals surface area contributed by atoms with Crippen molar-refractivity contribution in [1.82, 2.24) is 4.98 Å².